The molecule has 18 heavy (non-hydrogen) atoms. The first kappa shape index (κ1) is 12.8. The van der Waals surface area contributed by atoms with E-state index in [1.54, 1.807) is 0 Å². The van der Waals surface area contributed by atoms with Crippen LogP contribution >= 0.6 is 11.8 Å². The number of nitrogens with zero attached hydrogens (tertiary/aromatic N) is 1. The van der Waals surface area contributed by atoms with Gasteiger partial charge in [-0.1, -0.05) is 11.8 Å². The SMILES string of the molecule is O=C(CCN1C(=O)CSC1=O)c1ccc(F)cc1. The second-order valence-electron chi connectivity index (χ2n) is 3.78. The summed E-state index contributed by atoms with van der Waals surface area (Å²) in [6.07, 6.45) is 0.0592. The minimum absolute atomic E-state index is 0.0592. The van der Waals surface area contributed by atoms with Gasteiger partial charge < -0.3 is 0 Å². The highest BCUT2D eigenvalue weighted by Gasteiger charge is 2.29. The van der Waals surface area contributed by atoms with Crippen LogP contribution in [0.25, 0.3) is 0 Å². The molecule has 0 radical (unpaired) electrons. The lowest BCUT2D eigenvalue weighted by atomic mass is 10.1. The van der Waals surface area contributed by atoms with Crippen LogP contribution in [0.3, 0.4) is 0 Å². The summed E-state index contributed by atoms with van der Waals surface area (Å²) in [7, 11) is 0. The Kier molecular flexibility index (Phi) is 3.76. The summed E-state index contributed by atoms with van der Waals surface area (Å²) in [4.78, 5) is 35.4. The van der Waals surface area contributed by atoms with Crippen molar-refractivity contribution in [2.75, 3.05) is 12.3 Å². The predicted molar refractivity (Wildman–Crippen MR) is 64.9 cm³/mol. The van der Waals surface area contributed by atoms with Crippen molar-refractivity contribution in [1.82, 2.24) is 4.90 Å². The molecule has 2 amide bonds. The Morgan fingerprint density at radius 1 is 1.28 bits per heavy atom. The molecule has 0 saturated carbocycles. The van der Waals surface area contributed by atoms with Gasteiger partial charge in [0.15, 0.2) is 5.78 Å². The van der Waals surface area contributed by atoms with Gasteiger partial charge in [0.25, 0.3) is 5.24 Å². The van der Waals surface area contributed by atoms with Crippen molar-refractivity contribution in [3.8, 4) is 0 Å². The summed E-state index contributed by atoms with van der Waals surface area (Å²) in [5.74, 6) is -0.749. The number of Topliss-reactive ketones (excluding diaryl/α,β-unsaturated/α-hetero) is 1. The first-order chi connectivity index (χ1) is 8.58. The normalized spacial score (nSPS) is 15.3. The first-order valence-electron chi connectivity index (χ1n) is 5.34. The fraction of sp³-hybridized carbons (Fsp3) is 0.250. The van der Waals surface area contributed by atoms with Gasteiger partial charge in [0.05, 0.1) is 5.75 Å². The van der Waals surface area contributed by atoms with Gasteiger partial charge in [-0.2, -0.15) is 0 Å². The third kappa shape index (κ3) is 2.76. The number of ketones is 1. The van der Waals surface area contributed by atoms with E-state index in [1.807, 2.05) is 0 Å². The zero-order valence-electron chi connectivity index (χ0n) is 9.39. The summed E-state index contributed by atoms with van der Waals surface area (Å²) >= 11 is 0.939. The van der Waals surface area contributed by atoms with Crippen LogP contribution in [-0.2, 0) is 4.79 Å². The van der Waals surface area contributed by atoms with Crippen molar-refractivity contribution in [3.63, 3.8) is 0 Å². The van der Waals surface area contributed by atoms with Crippen LogP contribution in [0.4, 0.5) is 9.18 Å². The molecule has 1 aromatic carbocycles. The van der Waals surface area contributed by atoms with Crippen molar-refractivity contribution in [3.05, 3.63) is 35.6 Å². The molecule has 0 atom stereocenters. The van der Waals surface area contributed by atoms with E-state index in [2.05, 4.69) is 0 Å². The van der Waals surface area contributed by atoms with Crippen LogP contribution in [0.2, 0.25) is 0 Å². The highest BCUT2D eigenvalue weighted by Crippen LogP contribution is 2.19. The number of amides is 2. The van der Waals surface area contributed by atoms with Crippen molar-refractivity contribution >= 4 is 28.7 Å². The Balaban J connectivity index is 1.94. The van der Waals surface area contributed by atoms with Crippen LogP contribution in [0.5, 0.6) is 0 Å². The van der Waals surface area contributed by atoms with Gasteiger partial charge >= 0.3 is 0 Å². The lowest BCUT2D eigenvalue weighted by Crippen LogP contribution is -2.30. The van der Waals surface area contributed by atoms with E-state index < -0.39 is 5.82 Å². The second-order valence-corrected chi connectivity index (χ2v) is 4.71. The fourth-order valence-electron chi connectivity index (χ4n) is 1.59. The number of hydrogen-bond donors (Lipinski definition) is 0. The van der Waals surface area contributed by atoms with Crippen LogP contribution in [0.1, 0.15) is 16.8 Å². The predicted octanol–water partition coefficient (Wildman–Crippen LogP) is 2.09. The monoisotopic (exact) mass is 267 g/mol. The Labute approximate surface area is 107 Å². The van der Waals surface area contributed by atoms with Gasteiger partial charge in [0, 0.05) is 18.5 Å². The molecule has 4 nitrogen and oxygen atoms in total. The minimum atomic E-state index is -0.409. The summed E-state index contributed by atoms with van der Waals surface area (Å²) in [5, 5.41) is -0.313. The van der Waals surface area contributed by atoms with Crippen LogP contribution in [0, 0.1) is 5.82 Å². The molecular formula is C12H10FNO3S. The molecule has 2 rings (SSSR count). The van der Waals surface area contributed by atoms with Crippen molar-refractivity contribution in [2.24, 2.45) is 0 Å². The molecule has 1 heterocycles. The molecule has 6 heteroatoms. The summed E-state index contributed by atoms with van der Waals surface area (Å²) < 4.78 is 12.7. The number of imide groups is 1. The molecule has 1 aromatic rings. The Morgan fingerprint density at radius 2 is 1.94 bits per heavy atom. The number of carbonyl (C=O) groups excluding carboxylic acids is 3. The number of halogens is 1. The van der Waals surface area contributed by atoms with E-state index in [0.717, 1.165) is 16.7 Å². The average molecular weight is 267 g/mol. The smallest absolute Gasteiger partial charge is 0.288 e. The molecule has 1 aliphatic heterocycles. The number of carbonyl (C=O) groups is 3. The zero-order valence-corrected chi connectivity index (χ0v) is 10.2. The van der Waals surface area contributed by atoms with Gasteiger partial charge in [0.1, 0.15) is 5.82 Å². The van der Waals surface area contributed by atoms with E-state index in [-0.39, 0.29) is 35.6 Å². The quantitative estimate of drug-likeness (QED) is 0.784. The Morgan fingerprint density at radius 3 is 2.50 bits per heavy atom. The average Bonchev–Trinajstić information content (AvgIpc) is 2.67. The fourth-order valence-corrected chi connectivity index (χ4v) is 2.34. The van der Waals surface area contributed by atoms with Crippen molar-refractivity contribution < 1.29 is 18.8 Å². The van der Waals surface area contributed by atoms with Crippen molar-refractivity contribution in [2.45, 2.75) is 6.42 Å². The van der Waals surface area contributed by atoms with Gasteiger partial charge in [-0.05, 0) is 24.3 Å². The van der Waals surface area contributed by atoms with E-state index >= 15 is 0 Å². The maximum absolute atomic E-state index is 12.7. The largest absolute Gasteiger partial charge is 0.294 e. The van der Waals surface area contributed by atoms with Crippen molar-refractivity contribution in [1.29, 1.82) is 0 Å². The number of hydrogen-bond acceptors (Lipinski definition) is 4. The molecular weight excluding hydrogens is 257 g/mol. The zero-order chi connectivity index (χ0) is 13.1. The highest BCUT2D eigenvalue weighted by atomic mass is 32.2. The summed E-state index contributed by atoms with van der Waals surface area (Å²) in [6.45, 7) is 0.0842. The molecule has 1 aliphatic rings. The molecule has 0 spiro atoms. The Bertz CT molecular complexity index is 485. The van der Waals surface area contributed by atoms with Crippen LogP contribution < -0.4 is 0 Å². The topological polar surface area (TPSA) is 54.5 Å². The lowest BCUT2D eigenvalue weighted by molar-refractivity contribution is -0.124. The maximum Gasteiger partial charge on any atom is 0.288 e. The highest BCUT2D eigenvalue weighted by molar-refractivity contribution is 8.14. The van der Waals surface area contributed by atoms with Gasteiger partial charge in [0.2, 0.25) is 5.91 Å². The molecule has 0 bridgehead atoms. The number of thioether (sulfide) groups is 1. The number of rotatable bonds is 4. The third-order valence-corrected chi connectivity index (χ3v) is 3.43. The van der Waals surface area contributed by atoms with Gasteiger partial charge in [-0.3, -0.25) is 19.3 Å². The molecule has 0 aliphatic carbocycles. The van der Waals surface area contributed by atoms with Crippen LogP contribution in [-0.4, -0.2) is 34.1 Å². The first-order valence-corrected chi connectivity index (χ1v) is 6.32. The van der Waals surface area contributed by atoms with E-state index in [4.69, 9.17) is 0 Å². The molecule has 94 valence electrons. The molecule has 0 N–H and O–H groups in total. The third-order valence-electron chi connectivity index (χ3n) is 2.57. The van der Waals surface area contributed by atoms with Gasteiger partial charge in [-0.15, -0.1) is 0 Å². The van der Waals surface area contributed by atoms with Gasteiger partial charge in [-0.25, -0.2) is 4.39 Å². The summed E-state index contributed by atoms with van der Waals surface area (Å²) in [5.41, 5.74) is 0.378. The molecule has 0 aromatic heterocycles. The standard InChI is InChI=1S/C12H10FNO3S/c13-9-3-1-8(2-4-9)10(15)5-6-14-11(16)7-18-12(14)17/h1-4H,5-7H2. The van der Waals surface area contributed by atoms with E-state index in [1.165, 1.54) is 24.3 Å². The molecule has 1 saturated heterocycles. The number of benzene rings is 1. The van der Waals surface area contributed by atoms with E-state index in [0.29, 0.717) is 5.56 Å². The van der Waals surface area contributed by atoms with Crippen LogP contribution in [0.15, 0.2) is 24.3 Å². The molecule has 0 unspecified atom stereocenters. The summed E-state index contributed by atoms with van der Waals surface area (Å²) in [6, 6.07) is 5.19. The Hall–Kier alpha value is -1.69. The van der Waals surface area contributed by atoms with E-state index in [9.17, 15) is 18.8 Å². The molecule has 1 fully saturated rings. The lowest BCUT2D eigenvalue weighted by Gasteiger charge is -2.11. The maximum atomic E-state index is 12.7. The second kappa shape index (κ2) is 5.30. The minimum Gasteiger partial charge on any atom is -0.294 e.